The van der Waals surface area contributed by atoms with Crippen molar-refractivity contribution < 1.29 is 22.9 Å². The van der Waals surface area contributed by atoms with Gasteiger partial charge in [0.25, 0.3) is 5.69 Å². The molecule has 0 aromatic heterocycles. The molecule has 126 valence electrons. The van der Waals surface area contributed by atoms with Gasteiger partial charge in [0, 0.05) is 18.2 Å². The standard InChI is InChI=1S/C16H13F3N2O3/c17-16(18,19)13-7-5-11(6-8-13)10-20-15(22)9-12-3-1-2-4-14(12)21(23)24/h1-8H,9-10H2,(H,20,22). The second-order valence-corrected chi connectivity index (χ2v) is 5.03. The molecular formula is C16H13F3N2O3. The average molecular weight is 338 g/mol. The highest BCUT2D eigenvalue weighted by Crippen LogP contribution is 2.29. The minimum atomic E-state index is -4.41. The number of nitro groups is 1. The van der Waals surface area contributed by atoms with Crippen molar-refractivity contribution in [2.24, 2.45) is 0 Å². The number of rotatable bonds is 5. The van der Waals surface area contributed by atoms with Crippen LogP contribution in [0.1, 0.15) is 16.7 Å². The number of nitrogens with zero attached hydrogens (tertiary/aromatic N) is 1. The Hall–Kier alpha value is -2.90. The van der Waals surface area contributed by atoms with Gasteiger partial charge in [-0.15, -0.1) is 0 Å². The number of halogens is 3. The average Bonchev–Trinajstić information content (AvgIpc) is 2.53. The minimum Gasteiger partial charge on any atom is -0.352 e. The third-order valence-electron chi connectivity index (χ3n) is 3.31. The van der Waals surface area contributed by atoms with E-state index in [0.717, 1.165) is 12.1 Å². The van der Waals surface area contributed by atoms with Crippen molar-refractivity contribution >= 4 is 11.6 Å². The summed E-state index contributed by atoms with van der Waals surface area (Å²) in [5.41, 5.74) is -0.147. The first-order valence-electron chi connectivity index (χ1n) is 6.92. The Morgan fingerprint density at radius 1 is 1.08 bits per heavy atom. The fourth-order valence-corrected chi connectivity index (χ4v) is 2.09. The quantitative estimate of drug-likeness (QED) is 0.670. The Morgan fingerprint density at radius 3 is 2.29 bits per heavy atom. The molecule has 0 fully saturated rings. The number of benzene rings is 2. The van der Waals surface area contributed by atoms with Crippen molar-refractivity contribution in [1.29, 1.82) is 0 Å². The molecule has 2 rings (SSSR count). The molecule has 2 aromatic rings. The van der Waals surface area contributed by atoms with Crippen LogP contribution in [0.15, 0.2) is 48.5 Å². The number of alkyl halides is 3. The maximum Gasteiger partial charge on any atom is 0.416 e. The number of para-hydroxylation sites is 1. The predicted molar refractivity (Wildman–Crippen MR) is 80.1 cm³/mol. The lowest BCUT2D eigenvalue weighted by molar-refractivity contribution is -0.385. The van der Waals surface area contributed by atoms with Crippen molar-refractivity contribution in [2.45, 2.75) is 19.1 Å². The molecule has 0 saturated carbocycles. The van der Waals surface area contributed by atoms with Crippen LogP contribution >= 0.6 is 0 Å². The van der Waals surface area contributed by atoms with Gasteiger partial charge >= 0.3 is 6.18 Å². The summed E-state index contributed by atoms with van der Waals surface area (Å²) in [6.07, 6.45) is -4.59. The molecular weight excluding hydrogens is 325 g/mol. The van der Waals surface area contributed by atoms with Gasteiger partial charge in [0.15, 0.2) is 0 Å². The molecule has 1 amide bonds. The topological polar surface area (TPSA) is 72.2 Å². The zero-order chi connectivity index (χ0) is 17.7. The van der Waals surface area contributed by atoms with E-state index in [1.54, 1.807) is 6.07 Å². The molecule has 0 heterocycles. The number of hydrogen-bond acceptors (Lipinski definition) is 3. The second kappa shape index (κ2) is 7.12. The smallest absolute Gasteiger partial charge is 0.352 e. The first-order valence-corrected chi connectivity index (χ1v) is 6.92. The van der Waals surface area contributed by atoms with Gasteiger partial charge in [-0.1, -0.05) is 30.3 Å². The summed E-state index contributed by atoms with van der Waals surface area (Å²) in [6.45, 7) is 0.0393. The molecule has 1 N–H and O–H groups in total. The molecule has 0 atom stereocenters. The van der Waals surface area contributed by atoms with Crippen LogP contribution in [-0.2, 0) is 23.9 Å². The zero-order valence-electron chi connectivity index (χ0n) is 12.3. The lowest BCUT2D eigenvalue weighted by atomic mass is 10.1. The molecule has 0 aliphatic heterocycles. The molecule has 2 aromatic carbocycles. The summed E-state index contributed by atoms with van der Waals surface area (Å²) in [4.78, 5) is 22.2. The Labute approximate surface area is 135 Å². The van der Waals surface area contributed by atoms with E-state index in [1.165, 1.54) is 30.3 Å². The molecule has 0 aliphatic rings. The Bertz CT molecular complexity index is 743. The number of carbonyl (C=O) groups is 1. The Balaban J connectivity index is 1.96. The number of carbonyl (C=O) groups excluding carboxylic acids is 1. The molecule has 8 heteroatoms. The van der Waals surface area contributed by atoms with Gasteiger partial charge in [0.05, 0.1) is 16.9 Å². The largest absolute Gasteiger partial charge is 0.416 e. The van der Waals surface area contributed by atoms with Crippen molar-refractivity contribution in [1.82, 2.24) is 5.32 Å². The van der Waals surface area contributed by atoms with Crippen LogP contribution in [0.2, 0.25) is 0 Å². The lowest BCUT2D eigenvalue weighted by Crippen LogP contribution is -2.24. The van der Waals surface area contributed by atoms with Crippen molar-refractivity contribution in [3.8, 4) is 0 Å². The normalized spacial score (nSPS) is 11.1. The van der Waals surface area contributed by atoms with Crippen LogP contribution in [0.3, 0.4) is 0 Å². The van der Waals surface area contributed by atoms with Crippen LogP contribution < -0.4 is 5.32 Å². The Kier molecular flexibility index (Phi) is 5.18. The van der Waals surface area contributed by atoms with Crippen LogP contribution in [-0.4, -0.2) is 10.8 Å². The van der Waals surface area contributed by atoms with Crippen LogP contribution in [0.4, 0.5) is 18.9 Å². The van der Waals surface area contributed by atoms with Gasteiger partial charge in [-0.3, -0.25) is 14.9 Å². The van der Waals surface area contributed by atoms with Crippen molar-refractivity contribution in [3.05, 3.63) is 75.3 Å². The SMILES string of the molecule is O=C(Cc1ccccc1[N+](=O)[O-])NCc1ccc(C(F)(F)F)cc1. The van der Waals surface area contributed by atoms with E-state index in [2.05, 4.69) is 5.32 Å². The zero-order valence-corrected chi connectivity index (χ0v) is 12.3. The Morgan fingerprint density at radius 2 is 1.71 bits per heavy atom. The molecule has 24 heavy (non-hydrogen) atoms. The van der Waals surface area contributed by atoms with Gasteiger partial charge in [-0.25, -0.2) is 0 Å². The van der Waals surface area contributed by atoms with E-state index in [0.29, 0.717) is 5.56 Å². The van der Waals surface area contributed by atoms with E-state index in [1.807, 2.05) is 0 Å². The van der Waals surface area contributed by atoms with E-state index in [-0.39, 0.29) is 24.2 Å². The predicted octanol–water partition coefficient (Wildman–Crippen LogP) is 3.47. The summed E-state index contributed by atoms with van der Waals surface area (Å²) in [6, 6.07) is 10.3. The fourth-order valence-electron chi connectivity index (χ4n) is 2.09. The van der Waals surface area contributed by atoms with Crippen LogP contribution in [0.5, 0.6) is 0 Å². The second-order valence-electron chi connectivity index (χ2n) is 5.03. The summed E-state index contributed by atoms with van der Waals surface area (Å²) in [5, 5.41) is 13.4. The van der Waals surface area contributed by atoms with Crippen LogP contribution in [0, 0.1) is 10.1 Å². The fraction of sp³-hybridized carbons (Fsp3) is 0.188. The highest BCUT2D eigenvalue weighted by atomic mass is 19.4. The number of amides is 1. The maximum absolute atomic E-state index is 12.5. The highest BCUT2D eigenvalue weighted by molar-refractivity contribution is 5.79. The molecule has 0 unspecified atom stereocenters. The van der Waals surface area contributed by atoms with Gasteiger partial charge in [-0.2, -0.15) is 13.2 Å². The van der Waals surface area contributed by atoms with Gasteiger partial charge in [0.1, 0.15) is 0 Å². The van der Waals surface area contributed by atoms with E-state index >= 15 is 0 Å². The number of hydrogen-bond donors (Lipinski definition) is 1. The first-order chi connectivity index (χ1) is 11.3. The van der Waals surface area contributed by atoms with Crippen LogP contribution in [0.25, 0.3) is 0 Å². The molecule has 0 bridgehead atoms. The summed E-state index contributed by atoms with van der Waals surface area (Å²) >= 11 is 0. The number of nitrogens with one attached hydrogen (secondary N) is 1. The highest BCUT2D eigenvalue weighted by Gasteiger charge is 2.29. The van der Waals surface area contributed by atoms with Gasteiger partial charge < -0.3 is 5.32 Å². The van der Waals surface area contributed by atoms with Crippen molar-refractivity contribution in [3.63, 3.8) is 0 Å². The summed E-state index contributed by atoms with van der Waals surface area (Å²) in [7, 11) is 0. The third kappa shape index (κ3) is 4.55. The summed E-state index contributed by atoms with van der Waals surface area (Å²) < 4.78 is 37.4. The lowest BCUT2D eigenvalue weighted by Gasteiger charge is -2.09. The maximum atomic E-state index is 12.5. The van der Waals surface area contributed by atoms with E-state index < -0.39 is 22.6 Å². The molecule has 0 radical (unpaired) electrons. The molecule has 5 nitrogen and oxygen atoms in total. The van der Waals surface area contributed by atoms with E-state index in [9.17, 15) is 28.1 Å². The molecule has 0 aliphatic carbocycles. The molecule has 0 saturated heterocycles. The van der Waals surface area contributed by atoms with Crippen molar-refractivity contribution in [2.75, 3.05) is 0 Å². The van der Waals surface area contributed by atoms with E-state index in [4.69, 9.17) is 0 Å². The van der Waals surface area contributed by atoms with Gasteiger partial charge in [-0.05, 0) is 17.7 Å². The summed E-state index contributed by atoms with van der Waals surface area (Å²) in [5.74, 6) is -0.454. The monoisotopic (exact) mass is 338 g/mol. The molecule has 0 spiro atoms. The van der Waals surface area contributed by atoms with Gasteiger partial charge in [0.2, 0.25) is 5.91 Å². The first kappa shape index (κ1) is 17.5. The number of nitro benzene ring substituents is 1. The third-order valence-corrected chi connectivity index (χ3v) is 3.31. The minimum absolute atomic E-state index is 0.0393.